The molecule has 2 rings (SSSR count). The van der Waals surface area contributed by atoms with E-state index in [9.17, 15) is 10.1 Å². The molecule has 6 heteroatoms. The van der Waals surface area contributed by atoms with Crippen molar-refractivity contribution in [2.45, 2.75) is 6.61 Å². The number of nitro groups is 1. The minimum atomic E-state index is -0.464. The van der Waals surface area contributed by atoms with Crippen LogP contribution in [0.15, 0.2) is 47.2 Å². The molecule has 0 bridgehead atoms. The number of benzene rings is 1. The van der Waals surface area contributed by atoms with Gasteiger partial charge in [0.25, 0.3) is 0 Å². The van der Waals surface area contributed by atoms with Crippen LogP contribution in [0.2, 0.25) is 0 Å². The Bertz CT molecular complexity index is 575. The van der Waals surface area contributed by atoms with Crippen molar-refractivity contribution < 1.29 is 9.66 Å². The van der Waals surface area contributed by atoms with E-state index >= 15 is 0 Å². The van der Waals surface area contributed by atoms with Gasteiger partial charge in [0, 0.05) is 28.5 Å². The number of nitro benzene ring substituents is 1. The summed E-state index contributed by atoms with van der Waals surface area (Å²) in [4.78, 5) is 14.3. The van der Waals surface area contributed by atoms with Crippen molar-refractivity contribution in [3.05, 3.63) is 62.9 Å². The van der Waals surface area contributed by atoms with E-state index in [1.54, 1.807) is 30.6 Å². The van der Waals surface area contributed by atoms with Gasteiger partial charge in [-0.1, -0.05) is 12.1 Å². The highest BCUT2D eigenvalue weighted by Crippen LogP contribution is 2.26. The van der Waals surface area contributed by atoms with Gasteiger partial charge in [-0.05, 0) is 28.1 Å². The molecule has 0 atom stereocenters. The van der Waals surface area contributed by atoms with Crippen LogP contribution in [0.4, 0.5) is 5.69 Å². The lowest BCUT2D eigenvalue weighted by Gasteiger charge is -2.06. The Hall–Kier alpha value is -1.95. The molecule has 1 aromatic carbocycles. The Balaban J connectivity index is 2.13. The van der Waals surface area contributed by atoms with Crippen LogP contribution < -0.4 is 4.74 Å². The smallest absolute Gasteiger partial charge is 0.310 e. The van der Waals surface area contributed by atoms with Crippen molar-refractivity contribution in [3.63, 3.8) is 0 Å². The van der Waals surface area contributed by atoms with Crippen LogP contribution in [0.5, 0.6) is 5.75 Å². The zero-order valence-corrected chi connectivity index (χ0v) is 10.8. The fourth-order valence-electron chi connectivity index (χ4n) is 1.43. The van der Waals surface area contributed by atoms with Gasteiger partial charge < -0.3 is 4.74 Å². The molecule has 1 heterocycles. The van der Waals surface area contributed by atoms with Gasteiger partial charge in [0.05, 0.1) is 4.92 Å². The van der Waals surface area contributed by atoms with Crippen LogP contribution in [0, 0.1) is 10.1 Å². The molecule has 0 aliphatic rings. The first-order valence-electron chi connectivity index (χ1n) is 5.12. The maximum absolute atomic E-state index is 10.8. The summed E-state index contributed by atoms with van der Waals surface area (Å²) in [5.41, 5.74) is 0.794. The lowest BCUT2D eigenvalue weighted by molar-refractivity contribution is -0.385. The second-order valence-corrected chi connectivity index (χ2v) is 4.44. The lowest BCUT2D eigenvalue weighted by Crippen LogP contribution is -1.99. The van der Waals surface area contributed by atoms with Crippen LogP contribution >= 0.6 is 15.9 Å². The molecule has 0 fully saturated rings. The Morgan fingerprint density at radius 1 is 1.33 bits per heavy atom. The standard InChI is InChI=1S/C12H9BrN2O3/c13-10-5-9(6-14-7-10)8-18-12-4-2-1-3-11(12)15(16)17/h1-7H,8H2. The van der Waals surface area contributed by atoms with Crippen LogP contribution in [-0.4, -0.2) is 9.91 Å². The van der Waals surface area contributed by atoms with E-state index in [1.165, 1.54) is 6.07 Å². The third-order valence-electron chi connectivity index (χ3n) is 2.22. The van der Waals surface area contributed by atoms with E-state index in [1.807, 2.05) is 6.07 Å². The van der Waals surface area contributed by atoms with Crippen molar-refractivity contribution in [3.8, 4) is 5.75 Å². The van der Waals surface area contributed by atoms with Crippen molar-refractivity contribution in [2.24, 2.45) is 0 Å². The highest BCUT2D eigenvalue weighted by Gasteiger charge is 2.13. The van der Waals surface area contributed by atoms with E-state index < -0.39 is 4.92 Å². The minimum Gasteiger partial charge on any atom is -0.482 e. The molecular formula is C12H9BrN2O3. The molecule has 92 valence electrons. The van der Waals surface area contributed by atoms with Gasteiger partial charge in [-0.3, -0.25) is 15.1 Å². The first kappa shape index (κ1) is 12.5. The Kier molecular flexibility index (Phi) is 3.88. The van der Waals surface area contributed by atoms with Crippen molar-refractivity contribution in [1.29, 1.82) is 0 Å². The fourth-order valence-corrected chi connectivity index (χ4v) is 1.84. The molecule has 0 spiro atoms. The van der Waals surface area contributed by atoms with Gasteiger partial charge in [-0.15, -0.1) is 0 Å². The maximum Gasteiger partial charge on any atom is 0.310 e. The Labute approximate surface area is 112 Å². The first-order chi connectivity index (χ1) is 8.66. The first-order valence-corrected chi connectivity index (χ1v) is 5.92. The summed E-state index contributed by atoms with van der Waals surface area (Å²) in [6.45, 7) is 0.233. The van der Waals surface area contributed by atoms with E-state index in [0.717, 1.165) is 10.0 Å². The maximum atomic E-state index is 10.8. The van der Waals surface area contributed by atoms with Crippen molar-refractivity contribution in [2.75, 3.05) is 0 Å². The Morgan fingerprint density at radius 2 is 2.11 bits per heavy atom. The molecule has 0 N–H and O–H groups in total. The summed E-state index contributed by atoms with van der Waals surface area (Å²) in [5, 5.41) is 10.8. The molecular weight excluding hydrogens is 300 g/mol. The van der Waals surface area contributed by atoms with Gasteiger partial charge in [0.1, 0.15) is 6.61 Å². The average molecular weight is 309 g/mol. The Morgan fingerprint density at radius 3 is 2.83 bits per heavy atom. The summed E-state index contributed by atoms with van der Waals surface area (Å²) in [6, 6.07) is 8.13. The number of pyridine rings is 1. The third-order valence-corrected chi connectivity index (χ3v) is 2.65. The summed E-state index contributed by atoms with van der Waals surface area (Å²) in [5.74, 6) is 0.252. The second kappa shape index (κ2) is 5.59. The summed E-state index contributed by atoms with van der Waals surface area (Å²) >= 11 is 3.30. The molecule has 18 heavy (non-hydrogen) atoms. The number of ether oxygens (including phenoxy) is 1. The number of nitrogens with zero attached hydrogens (tertiary/aromatic N) is 2. The molecule has 0 saturated heterocycles. The number of aromatic nitrogens is 1. The van der Waals surface area contributed by atoms with E-state index in [0.29, 0.717) is 0 Å². The van der Waals surface area contributed by atoms with Crippen LogP contribution in [0.25, 0.3) is 0 Å². The number of hydrogen-bond acceptors (Lipinski definition) is 4. The summed E-state index contributed by atoms with van der Waals surface area (Å²) < 4.78 is 6.28. The molecule has 1 aromatic heterocycles. The SMILES string of the molecule is O=[N+]([O-])c1ccccc1OCc1cncc(Br)c1. The molecule has 2 aromatic rings. The molecule has 0 unspecified atom stereocenters. The molecule has 0 aliphatic heterocycles. The molecule has 5 nitrogen and oxygen atoms in total. The minimum absolute atomic E-state index is 0.0412. The molecule has 0 radical (unpaired) electrons. The van der Waals surface area contributed by atoms with E-state index in [2.05, 4.69) is 20.9 Å². The predicted octanol–water partition coefficient (Wildman–Crippen LogP) is 3.33. The van der Waals surface area contributed by atoms with Crippen molar-refractivity contribution in [1.82, 2.24) is 4.98 Å². The fraction of sp³-hybridized carbons (Fsp3) is 0.0833. The van der Waals surface area contributed by atoms with E-state index in [-0.39, 0.29) is 18.0 Å². The highest BCUT2D eigenvalue weighted by atomic mass is 79.9. The number of halogens is 1. The highest BCUT2D eigenvalue weighted by molar-refractivity contribution is 9.10. The van der Waals surface area contributed by atoms with Gasteiger partial charge >= 0.3 is 5.69 Å². The normalized spacial score (nSPS) is 10.1. The number of rotatable bonds is 4. The molecule has 0 aliphatic carbocycles. The van der Waals surface area contributed by atoms with Gasteiger partial charge in [-0.25, -0.2) is 0 Å². The zero-order valence-electron chi connectivity index (χ0n) is 9.25. The predicted molar refractivity (Wildman–Crippen MR) is 69.4 cm³/mol. The largest absolute Gasteiger partial charge is 0.482 e. The monoisotopic (exact) mass is 308 g/mol. The number of hydrogen-bond donors (Lipinski definition) is 0. The summed E-state index contributed by atoms with van der Waals surface area (Å²) in [6.07, 6.45) is 3.31. The van der Waals surface area contributed by atoms with Crippen molar-refractivity contribution >= 4 is 21.6 Å². The topological polar surface area (TPSA) is 65.3 Å². The van der Waals surface area contributed by atoms with Gasteiger partial charge in [0.15, 0.2) is 5.75 Å². The van der Waals surface area contributed by atoms with Gasteiger partial charge in [-0.2, -0.15) is 0 Å². The van der Waals surface area contributed by atoms with Crippen LogP contribution in [0.1, 0.15) is 5.56 Å². The second-order valence-electron chi connectivity index (χ2n) is 3.52. The number of para-hydroxylation sites is 2. The third kappa shape index (κ3) is 3.04. The molecule has 0 saturated carbocycles. The van der Waals surface area contributed by atoms with Crippen LogP contribution in [0.3, 0.4) is 0 Å². The van der Waals surface area contributed by atoms with E-state index in [4.69, 9.17) is 4.74 Å². The quantitative estimate of drug-likeness (QED) is 0.642. The average Bonchev–Trinajstić information content (AvgIpc) is 2.37. The molecule has 0 amide bonds. The lowest BCUT2D eigenvalue weighted by atomic mass is 10.3. The zero-order chi connectivity index (χ0) is 13.0. The van der Waals surface area contributed by atoms with Crippen LogP contribution in [-0.2, 0) is 6.61 Å². The summed E-state index contributed by atoms with van der Waals surface area (Å²) in [7, 11) is 0. The van der Waals surface area contributed by atoms with Gasteiger partial charge in [0.2, 0.25) is 0 Å².